The van der Waals surface area contributed by atoms with Gasteiger partial charge in [0.15, 0.2) is 0 Å². The summed E-state index contributed by atoms with van der Waals surface area (Å²) >= 11 is 4.64. The van der Waals surface area contributed by atoms with Gasteiger partial charge in [0.1, 0.15) is 11.6 Å². The molecule has 2 aromatic rings. The number of halogens is 3. The minimum absolute atomic E-state index is 0.292. The fraction of sp³-hybridized carbons (Fsp3) is 0.0769. The molecule has 0 saturated carbocycles. The lowest BCUT2D eigenvalue weighted by Crippen LogP contribution is -1.83. The predicted molar refractivity (Wildman–Crippen MR) is 63.6 cm³/mol. The minimum atomic E-state index is -0.315. The maximum absolute atomic E-state index is 13.3. The molecule has 16 heavy (non-hydrogen) atoms. The zero-order valence-corrected chi connectivity index (χ0v) is 9.51. The van der Waals surface area contributed by atoms with E-state index in [4.69, 9.17) is 0 Å². The van der Waals surface area contributed by atoms with E-state index in [0.717, 1.165) is 0 Å². The maximum Gasteiger partial charge on any atom is 0.131 e. The molecular weight excluding hydrogens is 230 g/mol. The lowest BCUT2D eigenvalue weighted by atomic mass is 10.1. The second-order valence-electron chi connectivity index (χ2n) is 2.99. The van der Waals surface area contributed by atoms with Crippen molar-refractivity contribution in [2.45, 2.75) is 0 Å². The van der Waals surface area contributed by atoms with Gasteiger partial charge in [-0.2, -0.15) is 0 Å². The number of hydrogen-bond donors (Lipinski definition) is 0. The highest BCUT2D eigenvalue weighted by molar-refractivity contribution is 6.15. The molecule has 2 aromatic carbocycles. The Hall–Kier alpha value is -1.41. The molecule has 0 heterocycles. The molecule has 0 aliphatic heterocycles. The number of benzene rings is 2. The SMILES string of the molecule is CCl.Fc1ccc(-c2ccccc2F)cc1. The highest BCUT2D eigenvalue weighted by Crippen LogP contribution is 2.22. The van der Waals surface area contributed by atoms with Gasteiger partial charge in [-0.25, -0.2) is 8.78 Å². The van der Waals surface area contributed by atoms with E-state index in [1.54, 1.807) is 30.3 Å². The largest absolute Gasteiger partial charge is 0.207 e. The quantitative estimate of drug-likeness (QED) is 0.645. The first-order valence-electron chi connectivity index (χ1n) is 4.65. The molecule has 84 valence electrons. The Balaban J connectivity index is 0.000000606. The molecular formula is C13H11ClF2. The summed E-state index contributed by atoms with van der Waals surface area (Å²) in [5.74, 6) is -0.607. The topological polar surface area (TPSA) is 0 Å². The molecule has 0 nitrogen and oxygen atoms in total. The molecule has 0 aliphatic rings. The first kappa shape index (κ1) is 12.7. The van der Waals surface area contributed by atoms with Crippen LogP contribution in [0.25, 0.3) is 11.1 Å². The van der Waals surface area contributed by atoms with Gasteiger partial charge in [-0.05, 0) is 23.8 Å². The summed E-state index contributed by atoms with van der Waals surface area (Å²) in [7, 11) is 0. The van der Waals surface area contributed by atoms with Crippen LogP contribution in [0.2, 0.25) is 0 Å². The van der Waals surface area contributed by atoms with Crippen molar-refractivity contribution in [3.63, 3.8) is 0 Å². The van der Waals surface area contributed by atoms with E-state index in [0.29, 0.717) is 11.1 Å². The summed E-state index contributed by atoms with van der Waals surface area (Å²) in [6.07, 6.45) is 1.47. The normalized spacial score (nSPS) is 9.25. The van der Waals surface area contributed by atoms with Crippen molar-refractivity contribution in [1.82, 2.24) is 0 Å². The van der Waals surface area contributed by atoms with Gasteiger partial charge in [-0.1, -0.05) is 30.3 Å². The summed E-state index contributed by atoms with van der Waals surface area (Å²) in [6.45, 7) is 0. The van der Waals surface area contributed by atoms with Gasteiger partial charge in [0.2, 0.25) is 0 Å². The molecule has 0 aromatic heterocycles. The summed E-state index contributed by atoms with van der Waals surface area (Å²) in [5.41, 5.74) is 1.18. The van der Waals surface area contributed by atoms with Crippen LogP contribution in [-0.4, -0.2) is 6.38 Å². The third kappa shape index (κ3) is 3.04. The van der Waals surface area contributed by atoms with Gasteiger partial charge in [0.05, 0.1) is 0 Å². The Kier molecular flexibility index (Phi) is 4.93. The van der Waals surface area contributed by atoms with Crippen LogP contribution in [0.3, 0.4) is 0 Å². The van der Waals surface area contributed by atoms with Crippen molar-refractivity contribution >= 4 is 11.6 Å². The van der Waals surface area contributed by atoms with E-state index in [-0.39, 0.29) is 11.6 Å². The standard InChI is InChI=1S/C12H8F2.CH3Cl/c13-10-7-5-9(6-8-10)11-3-1-2-4-12(11)14;1-2/h1-8H;1H3. The monoisotopic (exact) mass is 240 g/mol. The van der Waals surface area contributed by atoms with Crippen LogP contribution in [0.1, 0.15) is 0 Å². The number of hydrogen-bond acceptors (Lipinski definition) is 0. The van der Waals surface area contributed by atoms with Gasteiger partial charge >= 0.3 is 0 Å². The summed E-state index contributed by atoms with van der Waals surface area (Å²) in [6, 6.07) is 12.2. The van der Waals surface area contributed by atoms with Crippen molar-refractivity contribution in [3.05, 3.63) is 60.2 Å². The van der Waals surface area contributed by atoms with Gasteiger partial charge in [-0.15, -0.1) is 11.6 Å². The smallest absolute Gasteiger partial charge is 0.131 e. The van der Waals surface area contributed by atoms with Gasteiger partial charge < -0.3 is 0 Å². The van der Waals surface area contributed by atoms with Crippen molar-refractivity contribution in [2.24, 2.45) is 0 Å². The molecule has 0 N–H and O–H groups in total. The van der Waals surface area contributed by atoms with E-state index in [2.05, 4.69) is 11.6 Å². The first-order chi connectivity index (χ1) is 7.77. The van der Waals surface area contributed by atoms with Crippen LogP contribution in [-0.2, 0) is 0 Å². The Morgan fingerprint density at radius 1 is 0.812 bits per heavy atom. The van der Waals surface area contributed by atoms with Crippen molar-refractivity contribution in [2.75, 3.05) is 6.38 Å². The van der Waals surface area contributed by atoms with Crippen molar-refractivity contribution < 1.29 is 8.78 Å². The molecule has 0 fully saturated rings. The second kappa shape index (κ2) is 6.23. The van der Waals surface area contributed by atoms with Crippen LogP contribution >= 0.6 is 11.6 Å². The zero-order valence-electron chi connectivity index (χ0n) is 8.75. The van der Waals surface area contributed by atoms with E-state index in [1.165, 1.54) is 24.6 Å². The summed E-state index contributed by atoms with van der Waals surface area (Å²) in [4.78, 5) is 0. The Morgan fingerprint density at radius 2 is 1.38 bits per heavy atom. The fourth-order valence-electron chi connectivity index (χ4n) is 1.32. The molecule has 0 unspecified atom stereocenters. The molecule has 0 atom stereocenters. The first-order valence-corrected chi connectivity index (χ1v) is 5.41. The highest BCUT2D eigenvalue weighted by Gasteiger charge is 2.02. The van der Waals surface area contributed by atoms with Gasteiger partial charge in [0, 0.05) is 11.9 Å². The van der Waals surface area contributed by atoms with E-state index in [9.17, 15) is 8.78 Å². The van der Waals surface area contributed by atoms with Crippen LogP contribution in [0, 0.1) is 11.6 Å². The van der Waals surface area contributed by atoms with Crippen LogP contribution in [0.15, 0.2) is 48.5 Å². The molecule has 0 amide bonds. The Labute approximate surface area is 98.5 Å². The lowest BCUT2D eigenvalue weighted by Gasteiger charge is -2.02. The molecule has 0 bridgehead atoms. The third-order valence-corrected chi connectivity index (χ3v) is 2.03. The highest BCUT2D eigenvalue weighted by atomic mass is 35.5. The molecule has 2 rings (SSSR count). The molecule has 3 heteroatoms. The van der Waals surface area contributed by atoms with E-state index in [1.807, 2.05) is 0 Å². The average Bonchev–Trinajstić information content (AvgIpc) is 2.34. The molecule has 0 saturated heterocycles. The van der Waals surface area contributed by atoms with Crippen LogP contribution < -0.4 is 0 Å². The number of alkyl halides is 1. The van der Waals surface area contributed by atoms with Crippen LogP contribution in [0.4, 0.5) is 8.78 Å². The maximum atomic E-state index is 13.3. The number of rotatable bonds is 1. The molecule has 0 spiro atoms. The summed E-state index contributed by atoms with van der Waals surface area (Å²) in [5, 5.41) is 0. The van der Waals surface area contributed by atoms with Gasteiger partial charge in [-0.3, -0.25) is 0 Å². The van der Waals surface area contributed by atoms with Crippen LogP contribution in [0.5, 0.6) is 0 Å². The zero-order chi connectivity index (χ0) is 12.0. The lowest BCUT2D eigenvalue weighted by molar-refractivity contribution is 0.625. The second-order valence-corrected chi connectivity index (χ2v) is 2.99. The third-order valence-electron chi connectivity index (χ3n) is 2.03. The van der Waals surface area contributed by atoms with Gasteiger partial charge in [0.25, 0.3) is 0 Å². The average molecular weight is 241 g/mol. The predicted octanol–water partition coefficient (Wildman–Crippen LogP) is 4.49. The summed E-state index contributed by atoms with van der Waals surface area (Å²) < 4.78 is 25.9. The van der Waals surface area contributed by atoms with Crippen molar-refractivity contribution in [1.29, 1.82) is 0 Å². The minimum Gasteiger partial charge on any atom is -0.207 e. The van der Waals surface area contributed by atoms with Crippen molar-refractivity contribution in [3.8, 4) is 11.1 Å². The fourth-order valence-corrected chi connectivity index (χ4v) is 1.32. The molecule has 0 radical (unpaired) electrons. The Bertz CT molecular complexity index is 438. The van der Waals surface area contributed by atoms with E-state index >= 15 is 0 Å². The molecule has 0 aliphatic carbocycles. The van der Waals surface area contributed by atoms with E-state index < -0.39 is 0 Å². The Morgan fingerprint density at radius 3 is 1.94 bits per heavy atom.